The fourth-order valence-electron chi connectivity index (χ4n) is 3.16. The lowest BCUT2D eigenvalue weighted by Gasteiger charge is -2.23. The van der Waals surface area contributed by atoms with Crippen molar-refractivity contribution in [3.05, 3.63) is 72.3 Å². The van der Waals surface area contributed by atoms with Gasteiger partial charge in [-0.05, 0) is 49.2 Å². The maximum absolute atomic E-state index is 13.1. The Morgan fingerprint density at radius 1 is 1.13 bits per heavy atom. The van der Waals surface area contributed by atoms with Gasteiger partial charge in [0, 0.05) is 12.7 Å². The highest BCUT2D eigenvalue weighted by atomic mass is 16.5. The van der Waals surface area contributed by atoms with Crippen LogP contribution in [0.3, 0.4) is 0 Å². The number of nitrogens with zero attached hydrogens (tertiary/aromatic N) is 2. The van der Waals surface area contributed by atoms with Crippen LogP contribution in [0.4, 0.5) is 10.5 Å². The van der Waals surface area contributed by atoms with Gasteiger partial charge < -0.3 is 15.0 Å². The Kier molecular flexibility index (Phi) is 5.91. The number of amides is 4. The Bertz CT molecular complexity index is 972. The van der Waals surface area contributed by atoms with Crippen LogP contribution < -0.4 is 15.0 Å². The molecule has 0 aromatic heterocycles. The molecular formula is C23H25N3O4. The molecule has 0 aliphatic carbocycles. The van der Waals surface area contributed by atoms with Crippen molar-refractivity contribution >= 4 is 23.5 Å². The second kappa shape index (κ2) is 8.41. The molecule has 1 fully saturated rings. The largest absolute Gasteiger partial charge is 0.489 e. The van der Waals surface area contributed by atoms with Crippen LogP contribution >= 0.6 is 0 Å². The Morgan fingerprint density at radius 2 is 1.77 bits per heavy atom. The predicted molar refractivity (Wildman–Crippen MR) is 114 cm³/mol. The molecule has 1 aliphatic heterocycles. The first-order valence-corrected chi connectivity index (χ1v) is 9.56. The van der Waals surface area contributed by atoms with Gasteiger partial charge in [0.15, 0.2) is 0 Å². The minimum Gasteiger partial charge on any atom is -0.489 e. The molecule has 1 unspecified atom stereocenters. The van der Waals surface area contributed by atoms with E-state index in [0.717, 1.165) is 10.5 Å². The molecule has 0 radical (unpaired) electrons. The maximum Gasteiger partial charge on any atom is 0.325 e. The molecule has 0 spiro atoms. The molecule has 1 aliphatic rings. The number of carbonyl (C=O) groups is 3. The maximum atomic E-state index is 13.1. The molecular weight excluding hydrogens is 382 g/mol. The van der Waals surface area contributed by atoms with Gasteiger partial charge >= 0.3 is 6.03 Å². The van der Waals surface area contributed by atoms with Gasteiger partial charge in [0.25, 0.3) is 5.91 Å². The van der Waals surface area contributed by atoms with E-state index in [1.165, 1.54) is 4.90 Å². The van der Waals surface area contributed by atoms with Crippen LogP contribution in [0, 0.1) is 0 Å². The number of rotatable bonds is 7. The summed E-state index contributed by atoms with van der Waals surface area (Å²) in [5.74, 6) is -0.200. The number of hydrogen-bond acceptors (Lipinski definition) is 4. The Hall–Kier alpha value is -3.61. The number of urea groups is 1. The summed E-state index contributed by atoms with van der Waals surface area (Å²) < 4.78 is 5.58. The lowest BCUT2D eigenvalue weighted by Crippen LogP contribution is -2.43. The van der Waals surface area contributed by atoms with E-state index in [0.29, 0.717) is 23.6 Å². The average molecular weight is 407 g/mol. The highest BCUT2D eigenvalue weighted by Gasteiger charge is 2.49. The van der Waals surface area contributed by atoms with Crippen molar-refractivity contribution in [1.82, 2.24) is 10.2 Å². The second-order valence-electron chi connectivity index (χ2n) is 7.50. The summed E-state index contributed by atoms with van der Waals surface area (Å²) in [6.45, 7) is 7.34. The van der Waals surface area contributed by atoms with Crippen molar-refractivity contribution in [1.29, 1.82) is 0 Å². The normalized spacial score (nSPS) is 18.2. The smallest absolute Gasteiger partial charge is 0.325 e. The van der Waals surface area contributed by atoms with Gasteiger partial charge in [-0.3, -0.25) is 14.5 Å². The van der Waals surface area contributed by atoms with Crippen molar-refractivity contribution in [2.45, 2.75) is 19.4 Å². The van der Waals surface area contributed by atoms with E-state index in [1.807, 2.05) is 25.1 Å². The van der Waals surface area contributed by atoms with Crippen LogP contribution in [0.15, 0.2) is 66.7 Å². The highest BCUT2D eigenvalue weighted by molar-refractivity contribution is 6.10. The zero-order valence-corrected chi connectivity index (χ0v) is 17.3. The zero-order valence-electron chi connectivity index (χ0n) is 17.3. The molecule has 7 nitrogen and oxygen atoms in total. The molecule has 0 saturated carbocycles. The van der Waals surface area contributed by atoms with Crippen molar-refractivity contribution in [3.63, 3.8) is 0 Å². The number of para-hydroxylation sites is 1. The summed E-state index contributed by atoms with van der Waals surface area (Å²) in [6.07, 6.45) is 0. The number of imide groups is 1. The van der Waals surface area contributed by atoms with Gasteiger partial charge in [0.2, 0.25) is 5.91 Å². The number of hydrogen-bond donors (Lipinski definition) is 1. The van der Waals surface area contributed by atoms with E-state index in [9.17, 15) is 14.4 Å². The van der Waals surface area contributed by atoms with Crippen LogP contribution in [0.25, 0.3) is 0 Å². The van der Waals surface area contributed by atoms with Crippen LogP contribution in [0.1, 0.15) is 19.4 Å². The predicted octanol–water partition coefficient (Wildman–Crippen LogP) is 3.07. The lowest BCUT2D eigenvalue weighted by molar-refractivity contribution is -0.134. The van der Waals surface area contributed by atoms with Crippen molar-refractivity contribution in [3.8, 4) is 5.75 Å². The number of nitrogens with one attached hydrogen (secondary N) is 1. The summed E-state index contributed by atoms with van der Waals surface area (Å²) in [5, 5.41) is 2.71. The third-order valence-electron chi connectivity index (χ3n) is 5.00. The van der Waals surface area contributed by atoms with Gasteiger partial charge in [-0.2, -0.15) is 0 Å². The zero-order chi connectivity index (χ0) is 21.9. The van der Waals surface area contributed by atoms with E-state index in [1.54, 1.807) is 50.4 Å². The van der Waals surface area contributed by atoms with E-state index < -0.39 is 17.5 Å². The van der Waals surface area contributed by atoms with Gasteiger partial charge in [0.05, 0.1) is 0 Å². The van der Waals surface area contributed by atoms with Crippen LogP contribution in [-0.4, -0.2) is 42.9 Å². The minimum absolute atomic E-state index is 0.342. The lowest BCUT2D eigenvalue weighted by atomic mass is 9.92. The summed E-state index contributed by atoms with van der Waals surface area (Å²) >= 11 is 0. The molecule has 4 amide bonds. The van der Waals surface area contributed by atoms with Crippen LogP contribution in [0.5, 0.6) is 5.75 Å². The van der Waals surface area contributed by atoms with Crippen molar-refractivity contribution in [2.24, 2.45) is 0 Å². The molecule has 7 heteroatoms. The molecule has 2 aromatic carbocycles. The first-order chi connectivity index (χ1) is 14.2. The molecule has 1 saturated heterocycles. The highest BCUT2D eigenvalue weighted by Crippen LogP contribution is 2.30. The van der Waals surface area contributed by atoms with Crippen LogP contribution in [-0.2, 0) is 15.1 Å². The van der Waals surface area contributed by atoms with E-state index >= 15 is 0 Å². The molecule has 1 atom stereocenters. The third kappa shape index (κ3) is 4.20. The summed E-state index contributed by atoms with van der Waals surface area (Å²) in [7, 11) is 1.61. The number of ether oxygens (including phenoxy) is 1. The molecule has 0 bridgehead atoms. The monoisotopic (exact) mass is 407 g/mol. The molecule has 1 N–H and O–H groups in total. The first kappa shape index (κ1) is 21.1. The molecule has 3 rings (SSSR count). The van der Waals surface area contributed by atoms with Crippen molar-refractivity contribution in [2.75, 3.05) is 25.1 Å². The standard InChI is InChI=1S/C23H25N3O4/c1-16(2)15-30-19-12-10-17(11-13-19)23(3)21(28)26(22(29)24-23)14-20(27)25(4)18-8-6-5-7-9-18/h5-13H,1,14-15H2,2-4H3,(H,24,29). The quantitative estimate of drug-likeness (QED) is 0.565. The van der Waals surface area contributed by atoms with Gasteiger partial charge in [0.1, 0.15) is 24.4 Å². The average Bonchev–Trinajstić information content (AvgIpc) is 2.96. The first-order valence-electron chi connectivity index (χ1n) is 9.56. The van der Waals surface area contributed by atoms with Gasteiger partial charge in [-0.15, -0.1) is 0 Å². The Labute approximate surface area is 175 Å². The molecule has 156 valence electrons. The summed E-state index contributed by atoms with van der Waals surface area (Å²) in [4.78, 5) is 40.6. The number of likely N-dealkylation sites (N-methyl/N-ethyl adjacent to an activating group) is 1. The number of anilines is 1. The fourth-order valence-corrected chi connectivity index (χ4v) is 3.16. The topological polar surface area (TPSA) is 79.0 Å². The minimum atomic E-state index is -1.25. The van der Waals surface area contributed by atoms with Crippen LogP contribution in [0.2, 0.25) is 0 Å². The second-order valence-corrected chi connectivity index (χ2v) is 7.50. The van der Waals surface area contributed by atoms with E-state index in [-0.39, 0.29) is 12.5 Å². The Balaban J connectivity index is 1.73. The van der Waals surface area contributed by atoms with Gasteiger partial charge in [-0.1, -0.05) is 36.9 Å². The van der Waals surface area contributed by atoms with Crippen molar-refractivity contribution < 1.29 is 19.1 Å². The van der Waals surface area contributed by atoms with E-state index in [4.69, 9.17) is 4.74 Å². The summed E-state index contributed by atoms with van der Waals surface area (Å²) in [5.41, 5.74) is 0.929. The number of benzene rings is 2. The van der Waals surface area contributed by atoms with E-state index in [2.05, 4.69) is 11.9 Å². The number of carbonyl (C=O) groups excluding carboxylic acids is 3. The molecule has 30 heavy (non-hydrogen) atoms. The molecule has 2 aromatic rings. The van der Waals surface area contributed by atoms with Gasteiger partial charge in [-0.25, -0.2) is 4.79 Å². The molecule has 1 heterocycles. The summed E-state index contributed by atoms with van der Waals surface area (Å²) in [6, 6.07) is 15.4. The third-order valence-corrected chi connectivity index (χ3v) is 5.00. The fraction of sp³-hybridized carbons (Fsp3) is 0.261. The SMILES string of the molecule is C=C(C)COc1ccc(C2(C)NC(=O)N(CC(=O)N(C)c3ccccc3)C2=O)cc1. The Morgan fingerprint density at radius 3 is 2.37 bits per heavy atom.